The van der Waals surface area contributed by atoms with Gasteiger partial charge in [-0.1, -0.05) is 0 Å². The summed E-state index contributed by atoms with van der Waals surface area (Å²) in [6.45, 7) is -0.615. The average molecular weight is 442 g/mol. The lowest BCUT2D eigenvalue weighted by molar-refractivity contribution is -0.119. The highest BCUT2D eigenvalue weighted by molar-refractivity contribution is 6.07. The quantitative estimate of drug-likeness (QED) is 0.513. The number of furan rings is 1. The van der Waals surface area contributed by atoms with Gasteiger partial charge in [0.05, 0.1) is 31.7 Å². The van der Waals surface area contributed by atoms with E-state index in [9.17, 15) is 18.8 Å². The van der Waals surface area contributed by atoms with Crippen LogP contribution in [0, 0.1) is 5.82 Å². The molecule has 0 aliphatic heterocycles. The Labute approximate surface area is 182 Å². The fraction of sp³-hybridized carbons (Fsp3) is 0.136. The number of ether oxygens (including phenoxy) is 3. The number of nitrogens with one attached hydrogen (secondary N) is 2. The van der Waals surface area contributed by atoms with Crippen LogP contribution in [0.4, 0.5) is 15.8 Å². The Balaban J connectivity index is 1.76. The summed E-state index contributed by atoms with van der Waals surface area (Å²) in [6.07, 6.45) is 1.33. The number of esters is 1. The van der Waals surface area contributed by atoms with Crippen LogP contribution in [0.2, 0.25) is 0 Å². The second-order valence-electron chi connectivity index (χ2n) is 6.32. The Morgan fingerprint density at radius 3 is 2.28 bits per heavy atom. The number of methoxy groups -OCH3 is 2. The van der Waals surface area contributed by atoms with Gasteiger partial charge in [0, 0.05) is 17.8 Å². The molecule has 0 fully saturated rings. The molecule has 0 aliphatic rings. The molecule has 32 heavy (non-hydrogen) atoms. The molecule has 0 saturated heterocycles. The lowest BCUT2D eigenvalue weighted by Gasteiger charge is -2.15. The van der Waals surface area contributed by atoms with Crippen molar-refractivity contribution < 1.29 is 37.4 Å². The fourth-order valence-corrected chi connectivity index (χ4v) is 2.68. The number of amides is 2. The molecule has 10 heteroatoms. The van der Waals surface area contributed by atoms with Crippen molar-refractivity contribution in [2.75, 3.05) is 31.5 Å². The minimum Gasteiger partial charge on any atom is -0.493 e. The molecule has 3 aromatic rings. The summed E-state index contributed by atoms with van der Waals surface area (Å²) in [5.41, 5.74) is 0.329. The number of carbonyl (C=O) groups excluding carboxylic acids is 3. The second kappa shape index (κ2) is 10.1. The Morgan fingerprint density at radius 1 is 0.969 bits per heavy atom. The fourth-order valence-electron chi connectivity index (χ4n) is 2.68. The van der Waals surface area contributed by atoms with Gasteiger partial charge in [0.2, 0.25) is 0 Å². The van der Waals surface area contributed by atoms with Crippen LogP contribution in [0.25, 0.3) is 0 Å². The van der Waals surface area contributed by atoms with Crippen molar-refractivity contribution in [2.45, 2.75) is 0 Å². The summed E-state index contributed by atoms with van der Waals surface area (Å²) < 4.78 is 33.5. The van der Waals surface area contributed by atoms with E-state index in [1.165, 1.54) is 62.9 Å². The maximum Gasteiger partial charge on any atom is 0.340 e. The first-order valence-corrected chi connectivity index (χ1v) is 9.24. The van der Waals surface area contributed by atoms with E-state index in [2.05, 4.69) is 10.6 Å². The topological polar surface area (TPSA) is 116 Å². The van der Waals surface area contributed by atoms with Crippen LogP contribution >= 0.6 is 0 Å². The van der Waals surface area contributed by atoms with Gasteiger partial charge >= 0.3 is 5.97 Å². The average Bonchev–Trinajstić information content (AvgIpc) is 3.34. The van der Waals surface area contributed by atoms with Crippen molar-refractivity contribution in [2.24, 2.45) is 0 Å². The minimum atomic E-state index is -0.894. The molecular weight excluding hydrogens is 423 g/mol. The van der Waals surface area contributed by atoms with Crippen LogP contribution in [0.15, 0.2) is 59.2 Å². The van der Waals surface area contributed by atoms with Gasteiger partial charge in [0.1, 0.15) is 5.82 Å². The SMILES string of the molecule is COc1cc(NC(=O)c2ccco2)c(C(=O)OCC(=O)Nc2ccc(F)cc2)cc1OC. The third-order valence-electron chi connectivity index (χ3n) is 4.20. The zero-order valence-corrected chi connectivity index (χ0v) is 17.1. The lowest BCUT2D eigenvalue weighted by Crippen LogP contribution is -2.22. The van der Waals surface area contributed by atoms with Gasteiger partial charge < -0.3 is 29.3 Å². The van der Waals surface area contributed by atoms with Crippen LogP contribution < -0.4 is 20.1 Å². The molecule has 3 rings (SSSR count). The first-order valence-electron chi connectivity index (χ1n) is 9.24. The molecule has 1 heterocycles. The van der Waals surface area contributed by atoms with E-state index < -0.39 is 30.2 Å². The first-order chi connectivity index (χ1) is 15.4. The molecular formula is C22H19FN2O7. The van der Waals surface area contributed by atoms with Crippen molar-refractivity contribution in [3.63, 3.8) is 0 Å². The number of carbonyl (C=O) groups is 3. The van der Waals surface area contributed by atoms with E-state index in [1.807, 2.05) is 0 Å². The van der Waals surface area contributed by atoms with Crippen molar-refractivity contribution in [3.05, 3.63) is 71.9 Å². The van der Waals surface area contributed by atoms with Crippen LogP contribution in [-0.2, 0) is 9.53 Å². The van der Waals surface area contributed by atoms with Gasteiger partial charge in [-0.25, -0.2) is 9.18 Å². The van der Waals surface area contributed by atoms with E-state index in [0.29, 0.717) is 5.69 Å². The molecule has 2 N–H and O–H groups in total. The lowest BCUT2D eigenvalue weighted by atomic mass is 10.1. The van der Waals surface area contributed by atoms with Crippen molar-refractivity contribution in [3.8, 4) is 11.5 Å². The van der Waals surface area contributed by atoms with Gasteiger partial charge in [0.15, 0.2) is 23.9 Å². The monoisotopic (exact) mass is 442 g/mol. The molecule has 0 unspecified atom stereocenters. The summed E-state index contributed by atoms with van der Waals surface area (Å²) in [5, 5.41) is 5.02. The molecule has 166 valence electrons. The number of hydrogen-bond donors (Lipinski definition) is 2. The zero-order chi connectivity index (χ0) is 23.1. The highest BCUT2D eigenvalue weighted by atomic mass is 19.1. The van der Waals surface area contributed by atoms with E-state index in [0.717, 1.165) is 0 Å². The maximum atomic E-state index is 13.0. The number of hydrogen-bond acceptors (Lipinski definition) is 7. The number of halogens is 1. The number of rotatable bonds is 8. The molecule has 0 saturated carbocycles. The minimum absolute atomic E-state index is 0.0257. The Bertz CT molecular complexity index is 1110. The van der Waals surface area contributed by atoms with Gasteiger partial charge in [0.25, 0.3) is 11.8 Å². The van der Waals surface area contributed by atoms with Crippen LogP contribution in [0.5, 0.6) is 11.5 Å². The zero-order valence-electron chi connectivity index (χ0n) is 17.1. The van der Waals surface area contributed by atoms with Crippen molar-refractivity contribution >= 4 is 29.2 Å². The maximum absolute atomic E-state index is 13.0. The highest BCUT2D eigenvalue weighted by Crippen LogP contribution is 2.34. The largest absolute Gasteiger partial charge is 0.493 e. The predicted octanol–water partition coefficient (Wildman–Crippen LogP) is 3.48. The number of anilines is 2. The third kappa shape index (κ3) is 5.42. The molecule has 0 aliphatic carbocycles. The van der Waals surface area contributed by atoms with Crippen LogP contribution in [0.1, 0.15) is 20.9 Å². The molecule has 2 aromatic carbocycles. The number of benzene rings is 2. The van der Waals surface area contributed by atoms with Gasteiger partial charge in [-0.3, -0.25) is 9.59 Å². The summed E-state index contributed by atoms with van der Waals surface area (Å²) in [6, 6.07) is 10.8. The third-order valence-corrected chi connectivity index (χ3v) is 4.20. The van der Waals surface area contributed by atoms with Gasteiger partial charge in [-0.05, 0) is 36.4 Å². The Hall–Kier alpha value is -4.34. The van der Waals surface area contributed by atoms with Crippen molar-refractivity contribution in [1.82, 2.24) is 0 Å². The van der Waals surface area contributed by atoms with Crippen LogP contribution in [-0.4, -0.2) is 38.6 Å². The van der Waals surface area contributed by atoms with E-state index in [-0.39, 0.29) is 28.5 Å². The van der Waals surface area contributed by atoms with Gasteiger partial charge in [-0.15, -0.1) is 0 Å². The highest BCUT2D eigenvalue weighted by Gasteiger charge is 2.22. The second-order valence-corrected chi connectivity index (χ2v) is 6.32. The molecule has 0 bridgehead atoms. The summed E-state index contributed by atoms with van der Waals surface area (Å²) >= 11 is 0. The molecule has 0 atom stereocenters. The normalized spacial score (nSPS) is 10.2. The van der Waals surface area contributed by atoms with Crippen LogP contribution in [0.3, 0.4) is 0 Å². The smallest absolute Gasteiger partial charge is 0.340 e. The van der Waals surface area contributed by atoms with E-state index >= 15 is 0 Å². The summed E-state index contributed by atoms with van der Waals surface area (Å²) in [5.74, 6) is -2.09. The van der Waals surface area contributed by atoms with Gasteiger partial charge in [-0.2, -0.15) is 0 Å². The summed E-state index contributed by atoms with van der Waals surface area (Å²) in [7, 11) is 2.78. The van der Waals surface area contributed by atoms with E-state index in [4.69, 9.17) is 18.6 Å². The summed E-state index contributed by atoms with van der Waals surface area (Å²) in [4.78, 5) is 37.1. The Kier molecular flexibility index (Phi) is 7.06. The molecule has 9 nitrogen and oxygen atoms in total. The molecule has 0 radical (unpaired) electrons. The first kappa shape index (κ1) is 22.3. The van der Waals surface area contributed by atoms with E-state index in [1.54, 1.807) is 6.07 Å². The molecule has 0 spiro atoms. The molecule has 1 aromatic heterocycles. The molecule has 2 amide bonds. The standard InChI is InChI=1S/C22H19FN2O7/c1-29-18-10-15(16(11-19(18)30-2)25-21(27)17-4-3-9-31-17)22(28)32-12-20(26)24-14-7-5-13(23)6-8-14/h3-11H,12H2,1-2H3,(H,24,26)(H,25,27). The Morgan fingerprint density at radius 2 is 1.66 bits per heavy atom. The predicted molar refractivity (Wildman–Crippen MR) is 112 cm³/mol. The van der Waals surface area contributed by atoms with Crippen molar-refractivity contribution in [1.29, 1.82) is 0 Å².